The Morgan fingerprint density at radius 3 is 2.52 bits per heavy atom. The molecule has 1 heterocycles. The van der Waals surface area contributed by atoms with Gasteiger partial charge in [0.05, 0.1) is 12.1 Å². The van der Waals surface area contributed by atoms with E-state index in [1.807, 2.05) is 18.2 Å². The molecule has 0 bridgehead atoms. The molecule has 5 nitrogen and oxygen atoms in total. The van der Waals surface area contributed by atoms with Gasteiger partial charge in [-0.15, -0.1) is 0 Å². The van der Waals surface area contributed by atoms with Crippen LogP contribution in [0.25, 0.3) is 0 Å². The summed E-state index contributed by atoms with van der Waals surface area (Å²) in [5.74, 6) is -1.51. The number of nitrogens with zero attached hydrogens (tertiary/aromatic N) is 1. The fraction of sp³-hybridized carbons (Fsp3) is 0.391. The van der Waals surface area contributed by atoms with E-state index in [-0.39, 0.29) is 18.0 Å². The number of carbonyl (C=O) groups is 2. The van der Waals surface area contributed by atoms with Crippen LogP contribution in [0.4, 0.5) is 4.39 Å². The van der Waals surface area contributed by atoms with E-state index in [0.29, 0.717) is 12.6 Å². The third kappa shape index (κ3) is 5.87. The van der Waals surface area contributed by atoms with Gasteiger partial charge in [0.25, 0.3) is 5.91 Å². The second kappa shape index (κ2) is 10.2. The normalized spacial score (nSPS) is 17.0. The first-order valence-corrected chi connectivity index (χ1v) is 10.1. The van der Waals surface area contributed by atoms with Crippen molar-refractivity contribution in [2.45, 2.75) is 45.3 Å². The lowest BCUT2D eigenvalue weighted by molar-refractivity contribution is -0.120. The average Bonchev–Trinajstić information content (AvgIpc) is 2.73. The highest BCUT2D eigenvalue weighted by Crippen LogP contribution is 2.20. The molecule has 0 aromatic heterocycles. The number of hydrogen-bond acceptors (Lipinski definition) is 3. The molecule has 1 aliphatic heterocycles. The van der Waals surface area contributed by atoms with Crippen molar-refractivity contribution in [3.63, 3.8) is 0 Å². The Kier molecular flexibility index (Phi) is 7.36. The van der Waals surface area contributed by atoms with Gasteiger partial charge in [-0.05, 0) is 49.6 Å². The van der Waals surface area contributed by atoms with E-state index < -0.39 is 11.7 Å². The van der Waals surface area contributed by atoms with Gasteiger partial charge in [0.1, 0.15) is 5.82 Å². The van der Waals surface area contributed by atoms with Crippen LogP contribution in [0.5, 0.6) is 0 Å². The third-order valence-corrected chi connectivity index (χ3v) is 5.44. The Morgan fingerprint density at radius 1 is 1.03 bits per heavy atom. The lowest BCUT2D eigenvalue weighted by Crippen LogP contribution is -2.38. The standard InChI is InChI=1S/C23H28FN3O2/c1-17-8-6-7-13-27(17)16-19-10-3-2-9-18(19)14-25-22(28)15-26-23(29)20-11-4-5-12-21(20)24/h2-5,9-12,17H,6-8,13-16H2,1H3,(H,25,28)(H,26,29). The molecule has 2 amide bonds. The van der Waals surface area contributed by atoms with Crippen LogP contribution in [-0.2, 0) is 17.9 Å². The zero-order valence-corrected chi connectivity index (χ0v) is 16.8. The molecular weight excluding hydrogens is 369 g/mol. The zero-order valence-electron chi connectivity index (χ0n) is 16.8. The Labute approximate surface area is 171 Å². The third-order valence-electron chi connectivity index (χ3n) is 5.44. The number of halogens is 1. The summed E-state index contributed by atoms with van der Waals surface area (Å²) < 4.78 is 13.6. The summed E-state index contributed by atoms with van der Waals surface area (Å²) in [5, 5.41) is 5.31. The second-order valence-corrected chi connectivity index (χ2v) is 7.52. The molecule has 29 heavy (non-hydrogen) atoms. The molecule has 0 saturated carbocycles. The van der Waals surface area contributed by atoms with Crippen LogP contribution >= 0.6 is 0 Å². The Hall–Kier alpha value is -2.73. The maximum atomic E-state index is 13.6. The largest absolute Gasteiger partial charge is 0.350 e. The molecule has 2 aromatic carbocycles. The number of carbonyl (C=O) groups excluding carboxylic acids is 2. The highest BCUT2D eigenvalue weighted by atomic mass is 19.1. The molecule has 6 heteroatoms. The van der Waals surface area contributed by atoms with Gasteiger partial charge >= 0.3 is 0 Å². The minimum absolute atomic E-state index is 0.0682. The van der Waals surface area contributed by atoms with Crippen LogP contribution < -0.4 is 10.6 Å². The van der Waals surface area contributed by atoms with Crippen LogP contribution in [0, 0.1) is 5.82 Å². The summed E-state index contributed by atoms with van der Waals surface area (Å²) in [6.45, 7) is 4.44. The molecule has 2 N–H and O–H groups in total. The van der Waals surface area contributed by atoms with Crippen LogP contribution in [0.3, 0.4) is 0 Å². The van der Waals surface area contributed by atoms with E-state index in [1.165, 1.54) is 43.0 Å². The number of rotatable bonds is 7. The lowest BCUT2D eigenvalue weighted by atomic mass is 10.0. The SMILES string of the molecule is CC1CCCCN1Cc1ccccc1CNC(=O)CNC(=O)c1ccccc1F. The predicted octanol–water partition coefficient (Wildman–Crippen LogP) is 3.25. The first kappa shape index (κ1) is 21.0. The smallest absolute Gasteiger partial charge is 0.254 e. The molecule has 1 fully saturated rings. The number of likely N-dealkylation sites (tertiary alicyclic amines) is 1. The molecule has 3 rings (SSSR count). The fourth-order valence-corrected chi connectivity index (χ4v) is 3.65. The van der Waals surface area contributed by atoms with Crippen LogP contribution in [0.2, 0.25) is 0 Å². The quantitative estimate of drug-likeness (QED) is 0.754. The summed E-state index contributed by atoms with van der Waals surface area (Å²) in [6.07, 6.45) is 3.74. The molecule has 0 spiro atoms. The maximum Gasteiger partial charge on any atom is 0.254 e. The van der Waals surface area contributed by atoms with Crippen LogP contribution in [0.15, 0.2) is 48.5 Å². The van der Waals surface area contributed by atoms with Gasteiger partial charge in [-0.1, -0.05) is 42.8 Å². The van der Waals surface area contributed by atoms with Gasteiger partial charge in [0.2, 0.25) is 5.91 Å². The lowest BCUT2D eigenvalue weighted by Gasteiger charge is -2.33. The van der Waals surface area contributed by atoms with E-state index in [2.05, 4.69) is 28.5 Å². The van der Waals surface area contributed by atoms with Gasteiger partial charge in [0, 0.05) is 19.1 Å². The fourth-order valence-electron chi connectivity index (χ4n) is 3.65. The summed E-state index contributed by atoms with van der Waals surface area (Å²) in [7, 11) is 0. The minimum atomic E-state index is -0.605. The van der Waals surface area contributed by atoms with Crippen molar-refractivity contribution < 1.29 is 14.0 Å². The molecule has 1 atom stereocenters. The van der Waals surface area contributed by atoms with Gasteiger partial charge in [-0.3, -0.25) is 14.5 Å². The molecule has 2 aromatic rings. The number of piperidine rings is 1. The monoisotopic (exact) mass is 397 g/mol. The summed E-state index contributed by atoms with van der Waals surface area (Å²) in [5.41, 5.74) is 2.21. The van der Waals surface area contributed by atoms with Crippen molar-refractivity contribution in [2.24, 2.45) is 0 Å². The van der Waals surface area contributed by atoms with Gasteiger partial charge in [0.15, 0.2) is 0 Å². The topological polar surface area (TPSA) is 61.4 Å². The van der Waals surface area contributed by atoms with E-state index in [0.717, 1.165) is 18.7 Å². The van der Waals surface area contributed by atoms with Crippen molar-refractivity contribution >= 4 is 11.8 Å². The van der Waals surface area contributed by atoms with E-state index in [4.69, 9.17) is 0 Å². The Balaban J connectivity index is 1.51. The van der Waals surface area contributed by atoms with Crippen LogP contribution in [0.1, 0.15) is 47.7 Å². The number of benzene rings is 2. The summed E-state index contributed by atoms with van der Waals surface area (Å²) >= 11 is 0. The first-order valence-electron chi connectivity index (χ1n) is 10.1. The molecular formula is C23H28FN3O2. The molecule has 0 radical (unpaired) electrons. The molecule has 1 saturated heterocycles. The van der Waals surface area contributed by atoms with Crippen LogP contribution in [-0.4, -0.2) is 35.8 Å². The van der Waals surface area contributed by atoms with Crippen molar-refractivity contribution in [3.8, 4) is 0 Å². The number of amides is 2. The van der Waals surface area contributed by atoms with Crippen molar-refractivity contribution in [1.29, 1.82) is 0 Å². The second-order valence-electron chi connectivity index (χ2n) is 7.52. The molecule has 1 aliphatic rings. The number of nitrogens with one attached hydrogen (secondary N) is 2. The first-order chi connectivity index (χ1) is 14.0. The van der Waals surface area contributed by atoms with Gasteiger partial charge in [-0.25, -0.2) is 4.39 Å². The molecule has 0 aliphatic carbocycles. The highest BCUT2D eigenvalue weighted by Gasteiger charge is 2.19. The zero-order chi connectivity index (χ0) is 20.6. The van der Waals surface area contributed by atoms with Crippen molar-refractivity contribution in [1.82, 2.24) is 15.5 Å². The van der Waals surface area contributed by atoms with E-state index in [1.54, 1.807) is 6.07 Å². The van der Waals surface area contributed by atoms with Gasteiger partial charge in [-0.2, -0.15) is 0 Å². The van der Waals surface area contributed by atoms with E-state index in [9.17, 15) is 14.0 Å². The average molecular weight is 397 g/mol. The Bertz CT molecular complexity index is 856. The molecule has 1 unspecified atom stereocenters. The summed E-state index contributed by atoms with van der Waals surface area (Å²) in [6, 6.07) is 14.4. The predicted molar refractivity (Wildman–Crippen MR) is 111 cm³/mol. The van der Waals surface area contributed by atoms with Crippen molar-refractivity contribution in [3.05, 3.63) is 71.0 Å². The maximum absolute atomic E-state index is 13.6. The summed E-state index contributed by atoms with van der Waals surface area (Å²) in [4.78, 5) is 26.7. The highest BCUT2D eigenvalue weighted by molar-refractivity contribution is 5.96. The minimum Gasteiger partial charge on any atom is -0.350 e. The Morgan fingerprint density at radius 2 is 1.76 bits per heavy atom. The van der Waals surface area contributed by atoms with Crippen molar-refractivity contribution in [2.75, 3.05) is 13.1 Å². The van der Waals surface area contributed by atoms with E-state index >= 15 is 0 Å². The van der Waals surface area contributed by atoms with Gasteiger partial charge < -0.3 is 10.6 Å². The number of hydrogen-bond donors (Lipinski definition) is 2. The molecule has 154 valence electrons.